The van der Waals surface area contributed by atoms with Crippen molar-refractivity contribution in [2.24, 2.45) is 0 Å². The first-order chi connectivity index (χ1) is 10.1. The first kappa shape index (κ1) is 14.4. The third kappa shape index (κ3) is 4.00. The van der Waals surface area contributed by atoms with Gasteiger partial charge in [0.05, 0.1) is 11.3 Å². The zero-order chi connectivity index (χ0) is 15.2. The van der Waals surface area contributed by atoms with Crippen LogP contribution in [0.5, 0.6) is 0 Å². The van der Waals surface area contributed by atoms with Crippen LogP contribution in [0.25, 0.3) is 0 Å². The summed E-state index contributed by atoms with van der Waals surface area (Å²) in [6.07, 6.45) is 0.429. The number of amides is 1. The van der Waals surface area contributed by atoms with Crippen molar-refractivity contribution in [1.82, 2.24) is 9.97 Å². The Morgan fingerprint density at radius 2 is 2.00 bits per heavy atom. The van der Waals surface area contributed by atoms with Crippen molar-refractivity contribution in [3.05, 3.63) is 53.3 Å². The van der Waals surface area contributed by atoms with E-state index in [2.05, 4.69) is 15.3 Å². The molecule has 7 nitrogen and oxygen atoms in total. The van der Waals surface area contributed by atoms with Crippen molar-refractivity contribution < 1.29 is 19.4 Å². The van der Waals surface area contributed by atoms with Gasteiger partial charge in [-0.05, 0) is 12.5 Å². The normalized spacial score (nSPS) is 9.95. The van der Waals surface area contributed by atoms with Crippen LogP contribution < -0.4 is 5.32 Å². The van der Waals surface area contributed by atoms with Crippen LogP contribution in [0.4, 0.5) is 10.7 Å². The van der Waals surface area contributed by atoms with Crippen LogP contribution in [0, 0.1) is 6.92 Å². The summed E-state index contributed by atoms with van der Waals surface area (Å²) in [7, 11) is 0. The lowest BCUT2D eigenvalue weighted by atomic mass is 10.2. The fourth-order valence-electron chi connectivity index (χ4n) is 1.59. The summed E-state index contributed by atoms with van der Waals surface area (Å²) in [5, 5.41) is 11.2. The number of ether oxygens (including phenoxy) is 1. The molecular formula is C14H13N3O4. The third-order valence-corrected chi connectivity index (χ3v) is 2.64. The maximum atomic E-state index is 11.6. The molecule has 0 saturated carbocycles. The second-order valence-corrected chi connectivity index (χ2v) is 4.18. The number of carboxylic acid groups (broad SMARTS) is 1. The predicted molar refractivity (Wildman–Crippen MR) is 74.0 cm³/mol. The van der Waals surface area contributed by atoms with Crippen molar-refractivity contribution in [1.29, 1.82) is 0 Å². The van der Waals surface area contributed by atoms with Gasteiger partial charge in [0.15, 0.2) is 0 Å². The Bertz CT molecular complexity index is 659. The molecule has 1 aromatic carbocycles. The molecule has 0 aliphatic heterocycles. The lowest BCUT2D eigenvalue weighted by Gasteiger charge is -2.07. The molecule has 1 amide bonds. The highest BCUT2D eigenvalue weighted by molar-refractivity contribution is 5.89. The summed E-state index contributed by atoms with van der Waals surface area (Å²) in [4.78, 5) is 30.0. The van der Waals surface area contributed by atoms with Gasteiger partial charge in [0.2, 0.25) is 5.95 Å². The highest BCUT2D eigenvalue weighted by Crippen LogP contribution is 2.08. The molecule has 2 aromatic rings. The molecule has 0 aliphatic rings. The van der Waals surface area contributed by atoms with E-state index in [1.807, 2.05) is 30.3 Å². The van der Waals surface area contributed by atoms with Gasteiger partial charge in [-0.2, -0.15) is 0 Å². The number of carboxylic acids is 1. The molecule has 0 saturated heterocycles. The Labute approximate surface area is 120 Å². The van der Waals surface area contributed by atoms with E-state index < -0.39 is 12.1 Å². The molecule has 0 spiro atoms. The second-order valence-electron chi connectivity index (χ2n) is 4.18. The topological polar surface area (TPSA) is 101 Å². The van der Waals surface area contributed by atoms with E-state index >= 15 is 0 Å². The summed E-state index contributed by atoms with van der Waals surface area (Å²) >= 11 is 0. The number of hydrogen-bond acceptors (Lipinski definition) is 5. The zero-order valence-corrected chi connectivity index (χ0v) is 11.2. The van der Waals surface area contributed by atoms with Gasteiger partial charge < -0.3 is 9.84 Å². The molecule has 21 heavy (non-hydrogen) atoms. The standard InChI is InChI=1S/C14H13N3O4/c1-9-11(12(18)19)7-15-13(16-9)17-14(20)21-8-10-5-3-2-4-6-10/h2-7H,8H2,1H3,(H,18,19)(H,15,16,17,20). The number of hydrogen-bond donors (Lipinski definition) is 2. The van der Waals surface area contributed by atoms with Gasteiger partial charge in [0, 0.05) is 6.20 Å². The van der Waals surface area contributed by atoms with E-state index in [9.17, 15) is 9.59 Å². The Kier molecular flexibility index (Phi) is 4.45. The Hall–Kier alpha value is -2.96. The number of carbonyl (C=O) groups excluding carboxylic acids is 1. The van der Waals surface area contributed by atoms with Gasteiger partial charge in [-0.3, -0.25) is 5.32 Å². The highest BCUT2D eigenvalue weighted by atomic mass is 16.5. The molecule has 0 atom stereocenters. The quantitative estimate of drug-likeness (QED) is 0.894. The van der Waals surface area contributed by atoms with Gasteiger partial charge in [-0.1, -0.05) is 30.3 Å². The van der Waals surface area contributed by atoms with Crippen molar-refractivity contribution >= 4 is 18.0 Å². The Morgan fingerprint density at radius 1 is 1.29 bits per heavy atom. The van der Waals surface area contributed by atoms with Crippen LogP contribution in [0.15, 0.2) is 36.5 Å². The maximum Gasteiger partial charge on any atom is 0.414 e. The number of aromatic carboxylic acids is 1. The number of rotatable bonds is 4. The van der Waals surface area contributed by atoms with E-state index in [0.29, 0.717) is 0 Å². The fraction of sp³-hybridized carbons (Fsp3) is 0.143. The molecule has 108 valence electrons. The number of aromatic nitrogens is 2. The monoisotopic (exact) mass is 287 g/mol. The van der Waals surface area contributed by atoms with E-state index in [0.717, 1.165) is 11.8 Å². The van der Waals surface area contributed by atoms with Gasteiger partial charge in [0.1, 0.15) is 6.61 Å². The van der Waals surface area contributed by atoms with Crippen molar-refractivity contribution in [2.75, 3.05) is 5.32 Å². The van der Waals surface area contributed by atoms with Crippen molar-refractivity contribution in [2.45, 2.75) is 13.5 Å². The summed E-state index contributed by atoms with van der Waals surface area (Å²) in [5.74, 6) is -1.12. The van der Waals surface area contributed by atoms with E-state index in [4.69, 9.17) is 9.84 Å². The summed E-state index contributed by atoms with van der Waals surface area (Å²) in [6.45, 7) is 1.64. The number of anilines is 1. The molecule has 0 aliphatic carbocycles. The molecule has 2 rings (SSSR count). The molecule has 0 fully saturated rings. The lowest BCUT2D eigenvalue weighted by molar-refractivity contribution is 0.0695. The number of carbonyl (C=O) groups is 2. The molecule has 0 radical (unpaired) electrons. The van der Waals surface area contributed by atoms with Crippen LogP contribution in [0.1, 0.15) is 21.6 Å². The molecule has 0 bridgehead atoms. The number of nitrogens with zero attached hydrogens (tertiary/aromatic N) is 2. The first-order valence-electron chi connectivity index (χ1n) is 6.11. The highest BCUT2D eigenvalue weighted by Gasteiger charge is 2.12. The first-order valence-corrected chi connectivity index (χ1v) is 6.11. The van der Waals surface area contributed by atoms with Crippen LogP contribution in [-0.2, 0) is 11.3 Å². The van der Waals surface area contributed by atoms with Gasteiger partial charge >= 0.3 is 12.1 Å². The summed E-state index contributed by atoms with van der Waals surface area (Å²) in [6, 6.07) is 9.21. The summed E-state index contributed by atoms with van der Waals surface area (Å²) < 4.78 is 5.00. The second kappa shape index (κ2) is 6.47. The van der Waals surface area contributed by atoms with Crippen LogP contribution in [-0.4, -0.2) is 27.1 Å². The zero-order valence-electron chi connectivity index (χ0n) is 11.2. The molecule has 0 unspecified atom stereocenters. The van der Waals surface area contributed by atoms with E-state index in [1.165, 1.54) is 6.92 Å². The minimum absolute atomic E-state index is 0.00411. The van der Waals surface area contributed by atoms with Gasteiger partial charge in [-0.25, -0.2) is 19.6 Å². The lowest BCUT2D eigenvalue weighted by Crippen LogP contribution is -2.16. The number of aryl methyl sites for hydroxylation is 1. The smallest absolute Gasteiger partial charge is 0.414 e. The van der Waals surface area contributed by atoms with E-state index in [-0.39, 0.29) is 23.8 Å². The number of benzene rings is 1. The predicted octanol–water partition coefficient (Wildman–Crippen LogP) is 2.23. The Balaban J connectivity index is 1.94. The number of nitrogens with one attached hydrogen (secondary N) is 1. The molecular weight excluding hydrogens is 274 g/mol. The maximum absolute atomic E-state index is 11.6. The van der Waals surface area contributed by atoms with E-state index in [1.54, 1.807) is 0 Å². The van der Waals surface area contributed by atoms with Gasteiger partial charge in [-0.15, -0.1) is 0 Å². The summed E-state index contributed by atoms with van der Waals surface area (Å²) in [5.41, 5.74) is 1.10. The average molecular weight is 287 g/mol. The Morgan fingerprint density at radius 3 is 2.62 bits per heavy atom. The largest absolute Gasteiger partial charge is 0.478 e. The molecule has 1 heterocycles. The molecule has 2 N–H and O–H groups in total. The molecule has 7 heteroatoms. The third-order valence-electron chi connectivity index (χ3n) is 2.64. The van der Waals surface area contributed by atoms with Crippen LogP contribution in [0.3, 0.4) is 0 Å². The minimum atomic E-state index is -1.12. The molecule has 1 aromatic heterocycles. The minimum Gasteiger partial charge on any atom is -0.478 e. The van der Waals surface area contributed by atoms with Crippen molar-refractivity contribution in [3.63, 3.8) is 0 Å². The van der Waals surface area contributed by atoms with Gasteiger partial charge in [0.25, 0.3) is 0 Å². The SMILES string of the molecule is Cc1nc(NC(=O)OCc2ccccc2)ncc1C(=O)O. The van der Waals surface area contributed by atoms with Crippen molar-refractivity contribution in [3.8, 4) is 0 Å². The fourth-order valence-corrected chi connectivity index (χ4v) is 1.59. The van der Waals surface area contributed by atoms with Crippen LogP contribution in [0.2, 0.25) is 0 Å². The van der Waals surface area contributed by atoms with Crippen LogP contribution >= 0.6 is 0 Å². The average Bonchev–Trinajstić information content (AvgIpc) is 2.46.